The van der Waals surface area contributed by atoms with Crippen molar-refractivity contribution in [2.45, 2.75) is 83.3 Å². The standard InChI is InChI=1S/C15H26O6/c1-6-7-16-11-10(9-8-17-14(2,3)19-9)18-13-12(11)20-15(4,5)21-13/h9-13H,6-8H2,1-5H3. The van der Waals surface area contributed by atoms with Crippen molar-refractivity contribution in [3.63, 3.8) is 0 Å². The summed E-state index contributed by atoms with van der Waals surface area (Å²) in [5.74, 6) is -1.22. The molecule has 0 aromatic rings. The van der Waals surface area contributed by atoms with Gasteiger partial charge in [0.25, 0.3) is 0 Å². The van der Waals surface area contributed by atoms with Crippen LogP contribution in [0.3, 0.4) is 0 Å². The highest BCUT2D eigenvalue weighted by Gasteiger charge is 2.58. The predicted octanol–water partition coefficient (Wildman–Crippen LogP) is 1.81. The molecule has 3 aliphatic heterocycles. The average Bonchev–Trinajstić information content (AvgIpc) is 2.96. The molecule has 122 valence electrons. The van der Waals surface area contributed by atoms with Crippen molar-refractivity contribution in [1.29, 1.82) is 0 Å². The quantitative estimate of drug-likeness (QED) is 0.789. The van der Waals surface area contributed by atoms with Gasteiger partial charge in [-0.15, -0.1) is 0 Å². The number of rotatable bonds is 4. The molecular formula is C15H26O6. The lowest BCUT2D eigenvalue weighted by atomic mass is 10.1. The Morgan fingerprint density at radius 2 is 1.76 bits per heavy atom. The Morgan fingerprint density at radius 3 is 2.38 bits per heavy atom. The molecule has 6 nitrogen and oxygen atoms in total. The molecule has 6 heteroatoms. The van der Waals surface area contributed by atoms with Crippen LogP contribution in [0.2, 0.25) is 0 Å². The van der Waals surface area contributed by atoms with Gasteiger partial charge in [0, 0.05) is 6.61 Å². The Morgan fingerprint density at radius 1 is 1.00 bits per heavy atom. The third kappa shape index (κ3) is 3.11. The Hall–Kier alpha value is -0.240. The number of fused-ring (bicyclic) bond motifs is 1. The van der Waals surface area contributed by atoms with E-state index in [2.05, 4.69) is 6.92 Å². The zero-order valence-corrected chi connectivity index (χ0v) is 13.5. The molecule has 5 atom stereocenters. The molecule has 0 radical (unpaired) electrons. The van der Waals surface area contributed by atoms with Gasteiger partial charge in [0.15, 0.2) is 17.9 Å². The molecule has 3 fully saturated rings. The van der Waals surface area contributed by atoms with E-state index in [1.165, 1.54) is 0 Å². The summed E-state index contributed by atoms with van der Waals surface area (Å²) in [6.07, 6.45) is -0.271. The van der Waals surface area contributed by atoms with Crippen LogP contribution in [-0.4, -0.2) is 55.5 Å². The molecule has 0 aliphatic carbocycles. The van der Waals surface area contributed by atoms with Gasteiger partial charge in [0.1, 0.15) is 24.4 Å². The Kier molecular flexibility index (Phi) is 4.05. The Labute approximate surface area is 126 Å². The van der Waals surface area contributed by atoms with E-state index < -0.39 is 17.9 Å². The third-order valence-corrected chi connectivity index (χ3v) is 3.94. The molecular weight excluding hydrogens is 276 g/mol. The van der Waals surface area contributed by atoms with E-state index in [4.69, 9.17) is 28.4 Å². The topological polar surface area (TPSA) is 55.4 Å². The van der Waals surface area contributed by atoms with Gasteiger partial charge in [-0.05, 0) is 34.1 Å². The molecule has 21 heavy (non-hydrogen) atoms. The van der Waals surface area contributed by atoms with Crippen molar-refractivity contribution >= 4 is 0 Å². The fraction of sp³-hybridized carbons (Fsp3) is 1.00. The van der Waals surface area contributed by atoms with Crippen LogP contribution in [0.1, 0.15) is 41.0 Å². The van der Waals surface area contributed by atoms with E-state index in [1.807, 2.05) is 27.7 Å². The first-order chi connectivity index (χ1) is 9.81. The second-order valence-electron chi connectivity index (χ2n) is 6.77. The van der Waals surface area contributed by atoms with Crippen LogP contribution >= 0.6 is 0 Å². The smallest absolute Gasteiger partial charge is 0.190 e. The largest absolute Gasteiger partial charge is 0.372 e. The molecule has 3 aliphatic rings. The highest BCUT2D eigenvalue weighted by molar-refractivity contribution is 4.98. The number of hydrogen-bond donors (Lipinski definition) is 0. The van der Waals surface area contributed by atoms with E-state index in [0.717, 1.165) is 6.42 Å². The van der Waals surface area contributed by atoms with Gasteiger partial charge < -0.3 is 28.4 Å². The van der Waals surface area contributed by atoms with E-state index >= 15 is 0 Å². The zero-order chi connectivity index (χ0) is 15.3. The van der Waals surface area contributed by atoms with Crippen LogP contribution in [0, 0.1) is 0 Å². The zero-order valence-electron chi connectivity index (χ0n) is 13.5. The number of ether oxygens (including phenoxy) is 6. The number of hydrogen-bond acceptors (Lipinski definition) is 6. The molecule has 3 saturated heterocycles. The summed E-state index contributed by atoms with van der Waals surface area (Å²) in [6.45, 7) is 10.8. The summed E-state index contributed by atoms with van der Waals surface area (Å²) < 4.78 is 35.3. The molecule has 0 amide bonds. The van der Waals surface area contributed by atoms with Gasteiger partial charge in [-0.25, -0.2) is 0 Å². The molecule has 0 saturated carbocycles. The van der Waals surface area contributed by atoms with Crippen LogP contribution in [0.25, 0.3) is 0 Å². The molecule has 0 spiro atoms. The van der Waals surface area contributed by atoms with Gasteiger partial charge in [0.05, 0.1) is 6.61 Å². The first-order valence-corrected chi connectivity index (χ1v) is 7.76. The fourth-order valence-corrected chi connectivity index (χ4v) is 3.12. The van der Waals surface area contributed by atoms with Gasteiger partial charge in [-0.2, -0.15) is 0 Å². The second-order valence-corrected chi connectivity index (χ2v) is 6.77. The monoisotopic (exact) mass is 302 g/mol. The highest BCUT2D eigenvalue weighted by Crippen LogP contribution is 2.41. The van der Waals surface area contributed by atoms with Crippen molar-refractivity contribution in [3.8, 4) is 0 Å². The average molecular weight is 302 g/mol. The van der Waals surface area contributed by atoms with Crippen molar-refractivity contribution in [3.05, 3.63) is 0 Å². The minimum absolute atomic E-state index is 0.164. The maximum Gasteiger partial charge on any atom is 0.190 e. The van der Waals surface area contributed by atoms with Gasteiger partial charge in [0.2, 0.25) is 0 Å². The summed E-state index contributed by atoms with van der Waals surface area (Å²) in [5, 5.41) is 0. The molecule has 0 bridgehead atoms. The minimum atomic E-state index is -0.638. The first-order valence-electron chi connectivity index (χ1n) is 7.76. The van der Waals surface area contributed by atoms with Crippen LogP contribution in [0.4, 0.5) is 0 Å². The van der Waals surface area contributed by atoms with E-state index in [-0.39, 0.29) is 24.4 Å². The Bertz CT molecular complexity index is 382. The lowest BCUT2D eigenvalue weighted by Gasteiger charge is -2.29. The van der Waals surface area contributed by atoms with E-state index in [9.17, 15) is 0 Å². The van der Waals surface area contributed by atoms with Gasteiger partial charge in [-0.3, -0.25) is 0 Å². The first kappa shape index (κ1) is 15.6. The van der Waals surface area contributed by atoms with Crippen LogP contribution in [0.15, 0.2) is 0 Å². The predicted molar refractivity (Wildman–Crippen MR) is 73.6 cm³/mol. The summed E-state index contributed by atoms with van der Waals surface area (Å²) in [4.78, 5) is 0. The molecule has 3 rings (SSSR count). The van der Waals surface area contributed by atoms with Gasteiger partial charge in [-0.1, -0.05) is 6.92 Å². The van der Waals surface area contributed by atoms with Crippen LogP contribution in [-0.2, 0) is 28.4 Å². The maximum absolute atomic E-state index is 6.03. The molecule has 0 N–H and O–H groups in total. The maximum atomic E-state index is 6.03. The summed E-state index contributed by atoms with van der Waals surface area (Å²) in [5.41, 5.74) is 0. The molecule has 5 unspecified atom stereocenters. The fourth-order valence-electron chi connectivity index (χ4n) is 3.12. The van der Waals surface area contributed by atoms with Crippen LogP contribution in [0.5, 0.6) is 0 Å². The SMILES string of the molecule is CCCOC1C(C2COC(C)(C)O2)OC2OC(C)(C)OC21. The van der Waals surface area contributed by atoms with Crippen molar-refractivity contribution < 1.29 is 28.4 Å². The van der Waals surface area contributed by atoms with E-state index in [1.54, 1.807) is 0 Å². The summed E-state index contributed by atoms with van der Waals surface area (Å²) >= 11 is 0. The van der Waals surface area contributed by atoms with Crippen molar-refractivity contribution in [2.24, 2.45) is 0 Å². The Balaban J connectivity index is 1.72. The van der Waals surface area contributed by atoms with E-state index in [0.29, 0.717) is 13.2 Å². The molecule has 3 heterocycles. The lowest BCUT2D eigenvalue weighted by molar-refractivity contribution is -0.235. The normalized spacial score (nSPS) is 44.1. The summed E-state index contributed by atoms with van der Waals surface area (Å²) in [7, 11) is 0. The van der Waals surface area contributed by atoms with Crippen molar-refractivity contribution in [1.82, 2.24) is 0 Å². The molecule has 0 aromatic carbocycles. The molecule has 0 aromatic heterocycles. The third-order valence-electron chi connectivity index (χ3n) is 3.94. The van der Waals surface area contributed by atoms with Crippen molar-refractivity contribution in [2.75, 3.05) is 13.2 Å². The highest BCUT2D eigenvalue weighted by atomic mass is 16.8. The second kappa shape index (κ2) is 5.44. The lowest BCUT2D eigenvalue weighted by Crippen LogP contribution is -2.44. The van der Waals surface area contributed by atoms with Gasteiger partial charge >= 0.3 is 0 Å². The minimum Gasteiger partial charge on any atom is -0.372 e. The van der Waals surface area contributed by atoms with Crippen LogP contribution < -0.4 is 0 Å². The summed E-state index contributed by atoms with van der Waals surface area (Å²) in [6, 6.07) is 0.